The number of sulfonamides is 1. The van der Waals surface area contributed by atoms with Crippen molar-refractivity contribution in [1.29, 1.82) is 0 Å². The van der Waals surface area contributed by atoms with Gasteiger partial charge in [0.05, 0.1) is 5.75 Å². The van der Waals surface area contributed by atoms with Gasteiger partial charge in [-0.05, 0) is 45.5 Å². The normalized spacial score (nSPS) is 11.6. The van der Waals surface area contributed by atoms with E-state index in [1.165, 1.54) is 0 Å². The molecule has 0 saturated heterocycles. The van der Waals surface area contributed by atoms with Gasteiger partial charge in [0.1, 0.15) is 5.75 Å². The molecule has 0 aliphatic carbocycles. The fraction of sp³-hybridized carbons (Fsp3) is 0.0714. The molecule has 0 saturated carbocycles. The van der Waals surface area contributed by atoms with Crippen molar-refractivity contribution < 1.29 is 13.5 Å². The highest BCUT2D eigenvalue weighted by molar-refractivity contribution is 7.88. The van der Waals surface area contributed by atoms with Crippen LogP contribution < -0.4 is 4.72 Å². The molecule has 0 heterocycles. The van der Waals surface area contributed by atoms with E-state index in [0.29, 0.717) is 0 Å². The Kier molecular flexibility index (Phi) is 7.03. The van der Waals surface area contributed by atoms with Crippen LogP contribution in [0.25, 0.3) is 23.3 Å². The Morgan fingerprint density at radius 2 is 1.33 bits per heavy atom. The van der Waals surface area contributed by atoms with E-state index < -0.39 is 10.0 Å². The van der Waals surface area contributed by atoms with E-state index in [0.717, 1.165) is 33.4 Å². The van der Waals surface area contributed by atoms with Gasteiger partial charge in [-0.3, -0.25) is 0 Å². The van der Waals surface area contributed by atoms with Crippen molar-refractivity contribution in [3.63, 3.8) is 0 Å². The predicted octanol–water partition coefficient (Wildman–Crippen LogP) is 5.85. The summed E-state index contributed by atoms with van der Waals surface area (Å²) in [4.78, 5) is 0. The zero-order chi connectivity index (χ0) is 23.1. The molecule has 4 aromatic rings. The minimum absolute atomic E-state index is 0.0536. The number of phenolic OH excluding ortho intramolecular Hbond substituents is 1. The summed E-state index contributed by atoms with van der Waals surface area (Å²) in [6, 6.07) is 32.0. The van der Waals surface area contributed by atoms with Crippen LogP contribution in [0.3, 0.4) is 0 Å². The number of hydrogen-bond acceptors (Lipinski definition) is 3. The summed E-state index contributed by atoms with van der Waals surface area (Å²) < 4.78 is 28.0. The zero-order valence-electron chi connectivity index (χ0n) is 18.1. The van der Waals surface area contributed by atoms with Crippen LogP contribution >= 0.6 is 0 Å². The Morgan fingerprint density at radius 1 is 0.697 bits per heavy atom. The second kappa shape index (κ2) is 10.3. The number of benzene rings is 4. The molecule has 0 radical (unpaired) electrons. The molecule has 0 aromatic heterocycles. The van der Waals surface area contributed by atoms with Gasteiger partial charge in [0, 0.05) is 6.54 Å². The number of nitrogens with one attached hydrogen (secondary N) is 1. The van der Waals surface area contributed by atoms with E-state index in [4.69, 9.17) is 0 Å². The van der Waals surface area contributed by atoms with Gasteiger partial charge in [-0.15, -0.1) is 0 Å². The van der Waals surface area contributed by atoms with Crippen LogP contribution in [0.1, 0.15) is 22.3 Å². The molecule has 4 aromatic carbocycles. The molecular formula is C28H25NO3S. The summed E-state index contributed by atoms with van der Waals surface area (Å²) in [5.41, 5.74) is 5.65. The summed E-state index contributed by atoms with van der Waals surface area (Å²) in [7, 11) is -3.48. The minimum atomic E-state index is -3.48. The van der Waals surface area contributed by atoms with Crippen molar-refractivity contribution in [1.82, 2.24) is 4.72 Å². The van der Waals surface area contributed by atoms with Gasteiger partial charge >= 0.3 is 0 Å². The number of rotatable bonds is 8. The summed E-state index contributed by atoms with van der Waals surface area (Å²) >= 11 is 0. The Balaban J connectivity index is 1.57. The van der Waals surface area contributed by atoms with E-state index in [1.54, 1.807) is 12.1 Å². The SMILES string of the molecule is O=S(=O)(Cc1ccccc1)NCc1ccccc1-c1ccccc1/C=C/c1ccc(O)cc1. The highest BCUT2D eigenvalue weighted by Crippen LogP contribution is 2.29. The molecule has 0 spiro atoms. The summed E-state index contributed by atoms with van der Waals surface area (Å²) in [6.07, 6.45) is 4.02. The van der Waals surface area contributed by atoms with Gasteiger partial charge < -0.3 is 5.11 Å². The lowest BCUT2D eigenvalue weighted by atomic mass is 9.95. The van der Waals surface area contributed by atoms with Gasteiger partial charge in [0.2, 0.25) is 10.0 Å². The molecule has 4 nitrogen and oxygen atoms in total. The van der Waals surface area contributed by atoms with Crippen LogP contribution in [0, 0.1) is 0 Å². The maximum absolute atomic E-state index is 12.6. The molecule has 2 N–H and O–H groups in total. The van der Waals surface area contributed by atoms with E-state index in [2.05, 4.69) is 4.72 Å². The Labute approximate surface area is 194 Å². The molecule has 0 unspecified atom stereocenters. The van der Waals surface area contributed by atoms with E-state index >= 15 is 0 Å². The van der Waals surface area contributed by atoms with E-state index in [9.17, 15) is 13.5 Å². The van der Waals surface area contributed by atoms with Crippen LogP contribution in [-0.4, -0.2) is 13.5 Å². The number of hydrogen-bond donors (Lipinski definition) is 2. The first kappa shape index (κ1) is 22.5. The highest BCUT2D eigenvalue weighted by Gasteiger charge is 2.14. The van der Waals surface area contributed by atoms with Crippen LogP contribution in [0.2, 0.25) is 0 Å². The molecule has 4 rings (SSSR count). The summed E-state index contributed by atoms with van der Waals surface area (Å²) in [6.45, 7) is 0.210. The number of aromatic hydroxyl groups is 1. The zero-order valence-corrected chi connectivity index (χ0v) is 18.9. The molecule has 0 bridgehead atoms. The average molecular weight is 456 g/mol. The van der Waals surface area contributed by atoms with Crippen LogP contribution in [0.4, 0.5) is 0 Å². The molecule has 5 heteroatoms. The molecule has 0 aliphatic heterocycles. The lowest BCUT2D eigenvalue weighted by Gasteiger charge is -2.13. The molecule has 0 amide bonds. The minimum Gasteiger partial charge on any atom is -0.508 e. The van der Waals surface area contributed by atoms with E-state index in [-0.39, 0.29) is 18.0 Å². The fourth-order valence-corrected chi connectivity index (χ4v) is 4.74. The topological polar surface area (TPSA) is 66.4 Å². The summed E-state index contributed by atoms with van der Waals surface area (Å²) in [5, 5.41) is 9.48. The summed E-state index contributed by atoms with van der Waals surface area (Å²) in [5.74, 6) is 0.179. The molecular weight excluding hydrogens is 430 g/mol. The molecule has 0 aliphatic rings. The molecule has 166 valence electrons. The van der Waals surface area contributed by atoms with Gasteiger partial charge in [-0.1, -0.05) is 103 Å². The third-order valence-corrected chi connectivity index (χ3v) is 6.60. The van der Waals surface area contributed by atoms with Crippen molar-refractivity contribution in [3.05, 3.63) is 125 Å². The Morgan fingerprint density at radius 3 is 2.09 bits per heavy atom. The van der Waals surface area contributed by atoms with Crippen molar-refractivity contribution >= 4 is 22.2 Å². The van der Waals surface area contributed by atoms with Crippen molar-refractivity contribution in [3.8, 4) is 16.9 Å². The first-order valence-corrected chi connectivity index (χ1v) is 12.3. The maximum atomic E-state index is 12.6. The second-order valence-electron chi connectivity index (χ2n) is 7.74. The van der Waals surface area contributed by atoms with Crippen molar-refractivity contribution in [2.45, 2.75) is 12.3 Å². The van der Waals surface area contributed by atoms with Gasteiger partial charge in [-0.25, -0.2) is 13.1 Å². The molecule has 0 atom stereocenters. The maximum Gasteiger partial charge on any atom is 0.216 e. The van der Waals surface area contributed by atoms with Gasteiger partial charge in [0.15, 0.2) is 0 Å². The van der Waals surface area contributed by atoms with Crippen LogP contribution in [0.5, 0.6) is 5.75 Å². The lowest BCUT2D eigenvalue weighted by molar-refractivity contribution is 0.475. The average Bonchev–Trinajstić information content (AvgIpc) is 2.83. The van der Waals surface area contributed by atoms with Crippen molar-refractivity contribution in [2.75, 3.05) is 0 Å². The van der Waals surface area contributed by atoms with Crippen LogP contribution in [-0.2, 0) is 22.3 Å². The highest BCUT2D eigenvalue weighted by atomic mass is 32.2. The third-order valence-electron chi connectivity index (χ3n) is 5.30. The second-order valence-corrected chi connectivity index (χ2v) is 9.54. The Hall–Kier alpha value is -3.67. The largest absolute Gasteiger partial charge is 0.508 e. The first-order chi connectivity index (χ1) is 16.0. The quantitative estimate of drug-likeness (QED) is 0.328. The molecule has 0 fully saturated rings. The number of phenols is 1. The van der Waals surface area contributed by atoms with E-state index in [1.807, 2.05) is 103 Å². The standard InChI is InChI=1S/C28H25NO3S/c30-26-18-15-22(16-19-26)14-17-24-10-4-6-12-27(24)28-13-7-5-11-25(28)20-29-33(31,32)21-23-8-2-1-3-9-23/h1-19,29-30H,20-21H2/b17-14+. The molecule has 33 heavy (non-hydrogen) atoms. The lowest BCUT2D eigenvalue weighted by Crippen LogP contribution is -2.25. The Bertz CT molecular complexity index is 1350. The monoisotopic (exact) mass is 455 g/mol. The fourth-order valence-electron chi connectivity index (χ4n) is 3.63. The third kappa shape index (κ3) is 6.19. The van der Waals surface area contributed by atoms with Crippen LogP contribution in [0.15, 0.2) is 103 Å². The van der Waals surface area contributed by atoms with Crippen molar-refractivity contribution in [2.24, 2.45) is 0 Å². The smallest absolute Gasteiger partial charge is 0.216 e. The predicted molar refractivity (Wildman–Crippen MR) is 135 cm³/mol. The van der Waals surface area contributed by atoms with Gasteiger partial charge in [0.25, 0.3) is 0 Å². The van der Waals surface area contributed by atoms with Gasteiger partial charge in [-0.2, -0.15) is 0 Å². The first-order valence-electron chi connectivity index (χ1n) is 10.7.